The van der Waals surface area contributed by atoms with Crippen LogP contribution in [-0.2, 0) is 11.2 Å². The first-order chi connectivity index (χ1) is 12.3. The van der Waals surface area contributed by atoms with E-state index in [0.717, 1.165) is 32.1 Å². The molecule has 0 radical (unpaired) electrons. The molecule has 1 atom stereocenters. The topological polar surface area (TPSA) is 64.4 Å². The van der Waals surface area contributed by atoms with Crippen LogP contribution >= 0.6 is 0 Å². The fourth-order valence-electron chi connectivity index (χ4n) is 3.91. The molecule has 2 fully saturated rings. The van der Waals surface area contributed by atoms with Gasteiger partial charge in [-0.05, 0) is 43.1 Å². The molecule has 1 saturated carbocycles. The highest BCUT2D eigenvalue weighted by molar-refractivity contribution is 5.93. The van der Waals surface area contributed by atoms with Gasteiger partial charge >= 0.3 is 0 Å². The number of oxazole rings is 1. The number of hydrogen-bond donors (Lipinski definition) is 1. The van der Waals surface area contributed by atoms with Gasteiger partial charge in [-0.2, -0.15) is 0 Å². The van der Waals surface area contributed by atoms with E-state index in [1.807, 2.05) is 6.07 Å². The molecule has 1 aliphatic heterocycles. The Hall–Kier alpha value is -2.14. The fourth-order valence-corrected chi connectivity index (χ4v) is 3.91. The van der Waals surface area contributed by atoms with Crippen molar-refractivity contribution in [3.8, 4) is 0 Å². The summed E-state index contributed by atoms with van der Waals surface area (Å²) in [5, 5.41) is 3.09. The Morgan fingerprint density at radius 1 is 1.24 bits per heavy atom. The molecule has 4 rings (SSSR count). The molecular weight excluding hydrogens is 316 g/mol. The number of ether oxygens (including phenoxy) is 1. The summed E-state index contributed by atoms with van der Waals surface area (Å²) in [5.41, 5.74) is 1.88. The van der Waals surface area contributed by atoms with Crippen molar-refractivity contribution in [3.63, 3.8) is 0 Å². The first kappa shape index (κ1) is 16.3. The Labute approximate surface area is 147 Å². The Morgan fingerprint density at radius 3 is 2.76 bits per heavy atom. The highest BCUT2D eigenvalue weighted by Gasteiger charge is 2.38. The van der Waals surface area contributed by atoms with Crippen LogP contribution < -0.4 is 5.32 Å². The molecule has 2 aromatic rings. The molecule has 1 aromatic carbocycles. The minimum atomic E-state index is -0.154. The monoisotopic (exact) mass is 340 g/mol. The van der Waals surface area contributed by atoms with Crippen molar-refractivity contribution >= 4 is 5.91 Å². The maximum Gasteiger partial charge on any atom is 0.273 e. The molecule has 2 aliphatic rings. The van der Waals surface area contributed by atoms with Gasteiger partial charge in [-0.15, -0.1) is 0 Å². The van der Waals surface area contributed by atoms with Crippen molar-refractivity contribution in [1.29, 1.82) is 0 Å². The van der Waals surface area contributed by atoms with Gasteiger partial charge in [0.2, 0.25) is 0 Å². The zero-order valence-electron chi connectivity index (χ0n) is 14.4. The zero-order chi connectivity index (χ0) is 17.1. The third-order valence-electron chi connectivity index (χ3n) is 5.49. The van der Waals surface area contributed by atoms with E-state index in [1.54, 1.807) is 0 Å². The summed E-state index contributed by atoms with van der Waals surface area (Å²) in [6, 6.07) is 10.5. The van der Waals surface area contributed by atoms with E-state index in [9.17, 15) is 4.79 Å². The number of carbonyl (C=O) groups is 1. The first-order valence-corrected chi connectivity index (χ1v) is 9.13. The van der Waals surface area contributed by atoms with Gasteiger partial charge in [-0.3, -0.25) is 4.79 Å². The van der Waals surface area contributed by atoms with Crippen LogP contribution in [0.1, 0.15) is 60.0 Å². The molecule has 1 N–H and O–H groups in total. The standard InChI is InChI=1S/C20H24N2O3/c23-19(17-18(25-14-22-17)16-8-4-11-24-16)21-13-20(9-5-10-20)12-15-6-2-1-3-7-15/h1-3,6-7,14,16H,4-5,8-13H2,(H,21,23)/t16-/m1/s1. The molecule has 0 unspecified atom stereocenters. The second kappa shape index (κ2) is 7.00. The van der Waals surface area contributed by atoms with Crippen molar-refractivity contribution in [2.75, 3.05) is 13.2 Å². The minimum absolute atomic E-state index is 0.134. The SMILES string of the molecule is O=C(NCC1(Cc2ccccc2)CCC1)c1ncoc1[C@H]1CCCO1. The van der Waals surface area contributed by atoms with E-state index < -0.39 is 0 Å². The third-order valence-corrected chi connectivity index (χ3v) is 5.49. The molecule has 5 nitrogen and oxygen atoms in total. The van der Waals surface area contributed by atoms with Crippen LogP contribution in [0.15, 0.2) is 41.1 Å². The lowest BCUT2D eigenvalue weighted by molar-refractivity contribution is 0.0808. The zero-order valence-corrected chi connectivity index (χ0v) is 14.4. The number of benzene rings is 1. The fraction of sp³-hybridized carbons (Fsp3) is 0.500. The van der Waals surface area contributed by atoms with Crippen LogP contribution in [0, 0.1) is 5.41 Å². The van der Waals surface area contributed by atoms with Crippen molar-refractivity contribution in [2.24, 2.45) is 5.41 Å². The minimum Gasteiger partial charge on any atom is -0.445 e. The molecule has 1 aliphatic carbocycles. The summed E-state index contributed by atoms with van der Waals surface area (Å²) in [4.78, 5) is 16.8. The summed E-state index contributed by atoms with van der Waals surface area (Å²) in [7, 11) is 0. The van der Waals surface area contributed by atoms with Crippen LogP contribution in [0.2, 0.25) is 0 Å². The number of hydrogen-bond acceptors (Lipinski definition) is 4. The van der Waals surface area contributed by atoms with Crippen LogP contribution in [0.3, 0.4) is 0 Å². The average Bonchev–Trinajstić information content (AvgIpc) is 3.28. The number of rotatable bonds is 6. The molecule has 2 heterocycles. The third kappa shape index (κ3) is 3.47. The van der Waals surface area contributed by atoms with Gasteiger partial charge in [-0.1, -0.05) is 36.8 Å². The maximum atomic E-state index is 12.6. The molecule has 5 heteroatoms. The van der Waals surface area contributed by atoms with E-state index in [0.29, 0.717) is 24.6 Å². The highest BCUT2D eigenvalue weighted by atomic mass is 16.5. The second-order valence-corrected chi connectivity index (χ2v) is 7.27. The molecular formula is C20H24N2O3. The maximum absolute atomic E-state index is 12.6. The molecule has 132 valence electrons. The van der Waals surface area contributed by atoms with E-state index >= 15 is 0 Å². The molecule has 0 spiro atoms. The van der Waals surface area contributed by atoms with E-state index in [-0.39, 0.29) is 17.4 Å². The van der Waals surface area contributed by atoms with Gasteiger partial charge in [0, 0.05) is 13.2 Å². The summed E-state index contributed by atoms with van der Waals surface area (Å²) >= 11 is 0. The van der Waals surface area contributed by atoms with Crippen molar-refractivity contribution in [2.45, 2.75) is 44.6 Å². The predicted octanol–water partition coefficient (Wildman–Crippen LogP) is 3.67. The summed E-state index contributed by atoms with van der Waals surface area (Å²) < 4.78 is 11.1. The van der Waals surface area contributed by atoms with E-state index in [1.165, 1.54) is 18.4 Å². The number of nitrogens with one attached hydrogen (secondary N) is 1. The first-order valence-electron chi connectivity index (χ1n) is 9.13. The normalized spacial score (nSPS) is 21.7. The van der Waals surface area contributed by atoms with Crippen LogP contribution in [0.25, 0.3) is 0 Å². The quantitative estimate of drug-likeness (QED) is 0.871. The van der Waals surface area contributed by atoms with Gasteiger partial charge in [0.25, 0.3) is 5.91 Å². The van der Waals surface area contributed by atoms with Crippen LogP contribution in [-0.4, -0.2) is 24.0 Å². The second-order valence-electron chi connectivity index (χ2n) is 7.27. The Bertz CT molecular complexity index is 716. The highest BCUT2D eigenvalue weighted by Crippen LogP contribution is 2.43. The van der Waals surface area contributed by atoms with Crippen molar-refractivity contribution < 1.29 is 13.9 Å². The predicted molar refractivity (Wildman–Crippen MR) is 93.2 cm³/mol. The van der Waals surface area contributed by atoms with E-state index in [4.69, 9.17) is 9.15 Å². The molecule has 1 saturated heterocycles. The Kier molecular flexibility index (Phi) is 4.57. The lowest BCUT2D eigenvalue weighted by Gasteiger charge is -2.42. The van der Waals surface area contributed by atoms with Crippen molar-refractivity contribution in [1.82, 2.24) is 10.3 Å². The largest absolute Gasteiger partial charge is 0.445 e. The molecule has 25 heavy (non-hydrogen) atoms. The van der Waals surface area contributed by atoms with Crippen LogP contribution in [0.5, 0.6) is 0 Å². The van der Waals surface area contributed by atoms with Gasteiger partial charge in [0.05, 0.1) is 0 Å². The van der Waals surface area contributed by atoms with Gasteiger partial charge in [0.15, 0.2) is 17.8 Å². The lowest BCUT2D eigenvalue weighted by atomic mass is 9.65. The number of aromatic nitrogens is 1. The number of nitrogens with zero attached hydrogens (tertiary/aromatic N) is 1. The molecule has 0 bridgehead atoms. The Morgan fingerprint density at radius 2 is 2.08 bits per heavy atom. The molecule has 1 amide bonds. The van der Waals surface area contributed by atoms with Gasteiger partial charge in [-0.25, -0.2) is 4.98 Å². The lowest BCUT2D eigenvalue weighted by Crippen LogP contribution is -2.43. The smallest absolute Gasteiger partial charge is 0.273 e. The number of carbonyl (C=O) groups excluding carboxylic acids is 1. The Balaban J connectivity index is 1.40. The average molecular weight is 340 g/mol. The summed E-state index contributed by atoms with van der Waals surface area (Å²) in [5.74, 6) is 0.416. The van der Waals surface area contributed by atoms with Crippen molar-refractivity contribution in [3.05, 3.63) is 53.7 Å². The summed E-state index contributed by atoms with van der Waals surface area (Å²) in [6.07, 6.45) is 7.62. The van der Waals surface area contributed by atoms with Gasteiger partial charge in [0.1, 0.15) is 6.10 Å². The summed E-state index contributed by atoms with van der Waals surface area (Å²) in [6.45, 7) is 1.39. The van der Waals surface area contributed by atoms with Crippen LogP contribution in [0.4, 0.5) is 0 Å². The van der Waals surface area contributed by atoms with E-state index in [2.05, 4.69) is 34.6 Å². The van der Waals surface area contributed by atoms with Gasteiger partial charge < -0.3 is 14.5 Å². The number of amides is 1. The molecule has 1 aromatic heterocycles.